The summed E-state index contributed by atoms with van der Waals surface area (Å²) in [7, 11) is 1.68. The maximum absolute atomic E-state index is 11.2. The molecule has 0 saturated carbocycles. The van der Waals surface area contributed by atoms with Gasteiger partial charge in [-0.2, -0.15) is 0 Å². The zero-order chi connectivity index (χ0) is 20.2. The molecule has 0 aliphatic heterocycles. The normalized spacial score (nSPS) is 10.5. The Hall–Kier alpha value is -2.62. The van der Waals surface area contributed by atoms with Gasteiger partial charge in [-0.25, -0.2) is 0 Å². The van der Waals surface area contributed by atoms with Crippen molar-refractivity contribution in [1.82, 2.24) is 0 Å². The van der Waals surface area contributed by atoms with Crippen molar-refractivity contribution in [2.24, 2.45) is 0 Å². The second-order valence-electron chi connectivity index (χ2n) is 7.08. The van der Waals surface area contributed by atoms with Crippen molar-refractivity contribution in [3.8, 4) is 11.5 Å². The van der Waals surface area contributed by atoms with E-state index in [1.165, 1.54) is 31.2 Å². The van der Waals surface area contributed by atoms with Crippen LogP contribution in [0.2, 0.25) is 0 Å². The minimum atomic E-state index is 0.412. The SMILES string of the molecule is COc1ccc(CCCCCCCCOc2c(C=O)cc(C)cc2C=O)cc1. The molecule has 0 amide bonds. The fraction of sp³-hybridized carbons (Fsp3) is 0.417. The van der Waals surface area contributed by atoms with Gasteiger partial charge in [0.1, 0.15) is 11.5 Å². The Bertz CT molecular complexity index is 721. The highest BCUT2D eigenvalue weighted by atomic mass is 16.5. The number of carbonyl (C=O) groups is 2. The quantitative estimate of drug-likeness (QED) is 0.335. The number of benzene rings is 2. The molecule has 150 valence electrons. The summed E-state index contributed by atoms with van der Waals surface area (Å²) >= 11 is 0. The molecule has 2 aromatic rings. The average molecular weight is 383 g/mol. The fourth-order valence-electron chi connectivity index (χ4n) is 3.28. The lowest BCUT2D eigenvalue weighted by molar-refractivity contribution is 0.111. The van der Waals surface area contributed by atoms with E-state index in [0.717, 1.165) is 43.1 Å². The zero-order valence-electron chi connectivity index (χ0n) is 16.9. The molecule has 0 aliphatic rings. The Morgan fingerprint density at radius 3 is 1.96 bits per heavy atom. The third kappa shape index (κ3) is 6.84. The molecule has 28 heavy (non-hydrogen) atoms. The van der Waals surface area contributed by atoms with Crippen molar-refractivity contribution in [3.05, 3.63) is 58.7 Å². The first kappa shape index (κ1) is 21.7. The van der Waals surface area contributed by atoms with Gasteiger partial charge >= 0.3 is 0 Å². The molecule has 0 saturated heterocycles. The Kier molecular flexibility index (Phi) is 9.26. The molecule has 4 nitrogen and oxygen atoms in total. The summed E-state index contributed by atoms with van der Waals surface area (Å²) in [6.07, 6.45) is 9.39. The minimum Gasteiger partial charge on any atom is -0.497 e. The van der Waals surface area contributed by atoms with E-state index in [9.17, 15) is 9.59 Å². The number of aryl methyl sites for hydroxylation is 2. The van der Waals surface area contributed by atoms with Gasteiger partial charge in [-0.15, -0.1) is 0 Å². The van der Waals surface area contributed by atoms with Crippen molar-refractivity contribution >= 4 is 12.6 Å². The van der Waals surface area contributed by atoms with Crippen LogP contribution in [0.3, 0.4) is 0 Å². The Morgan fingerprint density at radius 2 is 1.39 bits per heavy atom. The summed E-state index contributed by atoms with van der Waals surface area (Å²) in [4.78, 5) is 22.4. The molecule has 0 aliphatic carbocycles. The van der Waals surface area contributed by atoms with E-state index in [1.54, 1.807) is 19.2 Å². The number of carbonyl (C=O) groups excluding carboxylic acids is 2. The second-order valence-corrected chi connectivity index (χ2v) is 7.08. The minimum absolute atomic E-state index is 0.412. The molecule has 0 spiro atoms. The lowest BCUT2D eigenvalue weighted by Gasteiger charge is -2.11. The van der Waals surface area contributed by atoms with Crippen molar-refractivity contribution in [1.29, 1.82) is 0 Å². The average Bonchev–Trinajstić information content (AvgIpc) is 2.73. The van der Waals surface area contributed by atoms with Crippen LogP contribution in [0.25, 0.3) is 0 Å². The van der Waals surface area contributed by atoms with E-state index < -0.39 is 0 Å². The maximum atomic E-state index is 11.2. The van der Waals surface area contributed by atoms with E-state index in [0.29, 0.717) is 23.5 Å². The number of hydrogen-bond acceptors (Lipinski definition) is 4. The van der Waals surface area contributed by atoms with Crippen LogP contribution in [0.5, 0.6) is 11.5 Å². The first-order valence-electron chi connectivity index (χ1n) is 9.98. The van der Waals surface area contributed by atoms with Gasteiger partial charge in [0.25, 0.3) is 0 Å². The van der Waals surface area contributed by atoms with Crippen LogP contribution in [-0.4, -0.2) is 26.3 Å². The summed E-state index contributed by atoms with van der Waals surface area (Å²) in [5, 5.41) is 0. The van der Waals surface area contributed by atoms with E-state index in [2.05, 4.69) is 12.1 Å². The topological polar surface area (TPSA) is 52.6 Å². The molecule has 0 atom stereocenters. The number of methoxy groups -OCH3 is 1. The van der Waals surface area contributed by atoms with Crippen LogP contribution < -0.4 is 9.47 Å². The molecule has 0 radical (unpaired) electrons. The molecule has 0 N–H and O–H groups in total. The first-order valence-corrected chi connectivity index (χ1v) is 9.98. The summed E-state index contributed by atoms with van der Waals surface area (Å²) in [5.41, 5.74) is 3.12. The van der Waals surface area contributed by atoms with Crippen LogP contribution >= 0.6 is 0 Å². The van der Waals surface area contributed by atoms with E-state index in [-0.39, 0.29) is 0 Å². The smallest absolute Gasteiger partial charge is 0.153 e. The van der Waals surface area contributed by atoms with Crippen LogP contribution in [-0.2, 0) is 6.42 Å². The molecular weight excluding hydrogens is 352 g/mol. The van der Waals surface area contributed by atoms with Crippen molar-refractivity contribution in [2.45, 2.75) is 51.9 Å². The van der Waals surface area contributed by atoms with Gasteiger partial charge in [-0.05, 0) is 61.6 Å². The molecular formula is C24H30O4. The maximum Gasteiger partial charge on any atom is 0.153 e. The van der Waals surface area contributed by atoms with Crippen LogP contribution in [0.4, 0.5) is 0 Å². The predicted molar refractivity (Wildman–Crippen MR) is 112 cm³/mol. The highest BCUT2D eigenvalue weighted by Crippen LogP contribution is 2.24. The van der Waals surface area contributed by atoms with E-state index >= 15 is 0 Å². The molecule has 0 unspecified atom stereocenters. The number of hydrogen-bond donors (Lipinski definition) is 0. The summed E-state index contributed by atoms with van der Waals surface area (Å²) in [6.45, 7) is 2.38. The van der Waals surface area contributed by atoms with Gasteiger partial charge in [-0.3, -0.25) is 9.59 Å². The number of ether oxygens (including phenoxy) is 2. The van der Waals surface area contributed by atoms with Gasteiger partial charge in [0, 0.05) is 0 Å². The Labute approximate surface area is 167 Å². The Morgan fingerprint density at radius 1 is 0.821 bits per heavy atom. The molecule has 0 aromatic heterocycles. The van der Waals surface area contributed by atoms with Crippen molar-refractivity contribution < 1.29 is 19.1 Å². The zero-order valence-corrected chi connectivity index (χ0v) is 16.9. The molecule has 0 fully saturated rings. The van der Waals surface area contributed by atoms with Gasteiger partial charge in [0.05, 0.1) is 24.8 Å². The van der Waals surface area contributed by atoms with Gasteiger partial charge in [0.2, 0.25) is 0 Å². The van der Waals surface area contributed by atoms with E-state index in [1.807, 2.05) is 19.1 Å². The van der Waals surface area contributed by atoms with Crippen molar-refractivity contribution in [3.63, 3.8) is 0 Å². The Balaban J connectivity index is 1.59. The second kappa shape index (κ2) is 12.0. The highest BCUT2D eigenvalue weighted by Gasteiger charge is 2.10. The largest absolute Gasteiger partial charge is 0.497 e. The van der Waals surface area contributed by atoms with E-state index in [4.69, 9.17) is 9.47 Å². The van der Waals surface area contributed by atoms with Crippen LogP contribution in [0.1, 0.15) is 70.4 Å². The molecule has 0 heterocycles. The van der Waals surface area contributed by atoms with Gasteiger partial charge < -0.3 is 9.47 Å². The van der Waals surface area contributed by atoms with Crippen LogP contribution in [0, 0.1) is 6.92 Å². The third-order valence-corrected chi connectivity index (χ3v) is 4.81. The van der Waals surface area contributed by atoms with Gasteiger partial charge in [0.15, 0.2) is 12.6 Å². The predicted octanol–water partition coefficient (Wildman–Crippen LogP) is 5.59. The standard InChI is InChI=1S/C24H30O4/c1-19-15-21(17-25)24(22(16-19)18-26)28-14-8-6-4-3-5-7-9-20-10-12-23(27-2)13-11-20/h10-13,15-18H,3-9,14H2,1-2H3. The third-order valence-electron chi connectivity index (χ3n) is 4.81. The lowest BCUT2D eigenvalue weighted by atomic mass is 10.0. The number of unbranched alkanes of at least 4 members (excludes halogenated alkanes) is 5. The lowest BCUT2D eigenvalue weighted by Crippen LogP contribution is -2.04. The summed E-state index contributed by atoms with van der Waals surface area (Å²) in [5.74, 6) is 1.31. The molecule has 4 heteroatoms. The molecule has 2 rings (SSSR count). The monoisotopic (exact) mass is 382 g/mol. The van der Waals surface area contributed by atoms with Crippen LogP contribution in [0.15, 0.2) is 36.4 Å². The number of aldehydes is 2. The number of rotatable bonds is 13. The van der Waals surface area contributed by atoms with Gasteiger partial charge in [-0.1, -0.05) is 37.8 Å². The fourth-order valence-corrected chi connectivity index (χ4v) is 3.28. The molecule has 2 aromatic carbocycles. The summed E-state index contributed by atoms with van der Waals surface area (Å²) in [6, 6.07) is 11.8. The first-order chi connectivity index (χ1) is 13.7. The summed E-state index contributed by atoms with van der Waals surface area (Å²) < 4.78 is 10.9. The highest BCUT2D eigenvalue weighted by molar-refractivity contribution is 5.89. The van der Waals surface area contributed by atoms with Crippen molar-refractivity contribution in [2.75, 3.05) is 13.7 Å². The molecule has 0 bridgehead atoms.